The summed E-state index contributed by atoms with van der Waals surface area (Å²) in [4.78, 5) is 15.9. The Kier molecular flexibility index (Phi) is 3.46. The van der Waals surface area contributed by atoms with Crippen LogP contribution in [0.25, 0.3) is 16.7 Å². The minimum Gasteiger partial charge on any atom is -0.452 e. The number of nitrogens with zero attached hydrogens (tertiary/aromatic N) is 1. The van der Waals surface area contributed by atoms with Crippen molar-refractivity contribution >= 4 is 53.1 Å². The lowest BCUT2D eigenvalue weighted by Gasteiger charge is -2.16. The van der Waals surface area contributed by atoms with Crippen molar-refractivity contribution in [2.45, 2.75) is 6.92 Å². The number of amides is 1. The molecule has 1 aliphatic heterocycles. The smallest absolute Gasteiger partial charge is 0.221 e. The van der Waals surface area contributed by atoms with Crippen LogP contribution in [0.3, 0.4) is 0 Å². The number of anilines is 1. The second kappa shape index (κ2) is 5.67. The third-order valence-electron chi connectivity index (χ3n) is 4.06. The van der Waals surface area contributed by atoms with Gasteiger partial charge in [-0.15, -0.1) is 0 Å². The molecule has 0 spiro atoms. The van der Waals surface area contributed by atoms with Gasteiger partial charge in [0, 0.05) is 23.6 Å². The molecule has 2 heterocycles. The summed E-state index contributed by atoms with van der Waals surface area (Å²) in [5.41, 5.74) is 5.07. The van der Waals surface area contributed by atoms with E-state index in [1.165, 1.54) is 6.92 Å². The average Bonchev–Trinajstić information content (AvgIpc) is 2.94. The van der Waals surface area contributed by atoms with Gasteiger partial charge in [-0.25, -0.2) is 4.99 Å². The van der Waals surface area contributed by atoms with Crippen LogP contribution in [0.5, 0.6) is 0 Å². The lowest BCUT2D eigenvalue weighted by atomic mass is 9.95. The third kappa shape index (κ3) is 2.72. The quantitative estimate of drug-likeness (QED) is 0.709. The fourth-order valence-electron chi connectivity index (χ4n) is 2.90. The Labute approximate surface area is 145 Å². The van der Waals surface area contributed by atoms with Crippen LogP contribution >= 0.6 is 0 Å². The Morgan fingerprint density at radius 2 is 2.00 bits per heavy atom. The first kappa shape index (κ1) is 15.3. The number of fused-ring (bicyclic) bond motifs is 3. The first-order valence-corrected chi connectivity index (χ1v) is 7.97. The van der Waals surface area contributed by atoms with Crippen LogP contribution in [-0.2, 0) is 4.79 Å². The van der Waals surface area contributed by atoms with E-state index in [1.54, 1.807) is 0 Å². The largest absolute Gasteiger partial charge is 0.452 e. The molecule has 0 saturated carbocycles. The third-order valence-corrected chi connectivity index (χ3v) is 4.06. The van der Waals surface area contributed by atoms with Crippen LogP contribution in [0.1, 0.15) is 18.2 Å². The molecule has 0 aliphatic carbocycles. The van der Waals surface area contributed by atoms with E-state index < -0.39 is 0 Å². The summed E-state index contributed by atoms with van der Waals surface area (Å²) < 4.78 is 5.89. The topological polar surface area (TPSA) is 66.6 Å². The number of rotatable bonds is 2. The molecule has 1 aliphatic rings. The van der Waals surface area contributed by atoms with Crippen molar-refractivity contribution in [2.75, 3.05) is 5.32 Å². The molecule has 1 amide bonds. The maximum Gasteiger partial charge on any atom is 0.221 e. The fourth-order valence-corrected chi connectivity index (χ4v) is 2.90. The summed E-state index contributed by atoms with van der Waals surface area (Å²) in [5, 5.41) is 6.93. The number of hydrogen-bond acceptors (Lipinski definition) is 4. The van der Waals surface area contributed by atoms with Crippen LogP contribution in [0.15, 0.2) is 58.5 Å². The molecule has 0 fully saturated rings. The molecule has 25 heavy (non-hydrogen) atoms. The summed E-state index contributed by atoms with van der Waals surface area (Å²) in [6.45, 7) is 5.55. The zero-order valence-electron chi connectivity index (χ0n) is 14.0. The van der Waals surface area contributed by atoms with E-state index in [0.717, 1.165) is 33.4 Å². The summed E-state index contributed by atoms with van der Waals surface area (Å²) >= 11 is 0. The zero-order chi connectivity index (χ0) is 17.6. The van der Waals surface area contributed by atoms with Gasteiger partial charge in [-0.05, 0) is 30.3 Å². The molecule has 0 unspecified atom stereocenters. The van der Waals surface area contributed by atoms with Crippen molar-refractivity contribution < 1.29 is 9.21 Å². The molecular weight excluding hydrogens is 313 g/mol. The van der Waals surface area contributed by atoms with Gasteiger partial charge in [-0.3, -0.25) is 4.79 Å². The second-order valence-corrected chi connectivity index (χ2v) is 6.10. The standard InChI is InChI=1S/C19H16BN3O2/c1-10-18-17(15-9-13(20)5-8-16(15)25-18)23-19(21-10)12-3-6-14(7-4-12)22-11(2)24/h3-9H,1,20H2,2H3,(H,21,23)(H,22,24). The molecule has 0 bridgehead atoms. The summed E-state index contributed by atoms with van der Waals surface area (Å²) in [7, 11) is 2.04. The lowest BCUT2D eigenvalue weighted by molar-refractivity contribution is -0.114. The number of benzene rings is 2. The van der Waals surface area contributed by atoms with Gasteiger partial charge in [0.25, 0.3) is 0 Å². The first-order valence-electron chi connectivity index (χ1n) is 7.97. The second-order valence-electron chi connectivity index (χ2n) is 6.10. The molecule has 5 nitrogen and oxygen atoms in total. The van der Waals surface area contributed by atoms with E-state index in [1.807, 2.05) is 44.2 Å². The zero-order valence-corrected chi connectivity index (χ0v) is 14.0. The monoisotopic (exact) mass is 329 g/mol. The van der Waals surface area contributed by atoms with Crippen LogP contribution < -0.4 is 16.1 Å². The Bertz CT molecular complexity index is 1050. The first-order chi connectivity index (χ1) is 12.0. The fraction of sp³-hybridized carbons (Fsp3) is 0.0526. The predicted molar refractivity (Wildman–Crippen MR) is 104 cm³/mol. The van der Waals surface area contributed by atoms with E-state index in [4.69, 9.17) is 9.41 Å². The molecule has 122 valence electrons. The highest BCUT2D eigenvalue weighted by molar-refractivity contribution is 6.33. The molecule has 6 heteroatoms. The van der Waals surface area contributed by atoms with Crippen molar-refractivity contribution in [3.63, 3.8) is 0 Å². The van der Waals surface area contributed by atoms with Crippen molar-refractivity contribution in [1.82, 2.24) is 5.32 Å². The van der Waals surface area contributed by atoms with Gasteiger partial charge >= 0.3 is 0 Å². The normalized spacial score (nSPS) is 13.2. The summed E-state index contributed by atoms with van der Waals surface area (Å²) in [6, 6.07) is 13.5. The van der Waals surface area contributed by atoms with Crippen molar-refractivity contribution in [3.8, 4) is 0 Å². The maximum atomic E-state index is 11.1. The summed E-state index contributed by atoms with van der Waals surface area (Å²) in [5.74, 6) is 1.27. The highest BCUT2D eigenvalue weighted by Gasteiger charge is 2.23. The Hall–Kier alpha value is -3.28. The van der Waals surface area contributed by atoms with E-state index in [-0.39, 0.29) is 5.91 Å². The summed E-state index contributed by atoms with van der Waals surface area (Å²) in [6.07, 6.45) is 0. The van der Waals surface area contributed by atoms with Gasteiger partial charge in [0.2, 0.25) is 5.91 Å². The minimum absolute atomic E-state index is 0.0980. The number of furan rings is 1. The Morgan fingerprint density at radius 3 is 2.72 bits per heavy atom. The van der Waals surface area contributed by atoms with Gasteiger partial charge in [0.05, 0.1) is 5.70 Å². The number of hydrogen-bond donors (Lipinski definition) is 2. The highest BCUT2D eigenvalue weighted by Crippen LogP contribution is 2.38. The molecule has 4 rings (SSSR count). The van der Waals surface area contributed by atoms with Crippen molar-refractivity contribution in [2.24, 2.45) is 4.99 Å². The number of nitrogens with one attached hydrogen (secondary N) is 2. The van der Waals surface area contributed by atoms with Crippen LogP contribution in [-0.4, -0.2) is 19.6 Å². The molecule has 2 N–H and O–H groups in total. The molecular formula is C19H16BN3O2. The number of carbonyl (C=O) groups is 1. The number of amidine groups is 1. The van der Waals surface area contributed by atoms with Crippen molar-refractivity contribution in [1.29, 1.82) is 0 Å². The SMILES string of the molecule is Bc1ccc2oc3c(c2c1)N=C(c1ccc(NC(C)=O)cc1)NC3=C. The maximum absolute atomic E-state index is 11.1. The Balaban J connectivity index is 1.78. The molecule has 3 aromatic rings. The van der Waals surface area contributed by atoms with Crippen LogP contribution in [0.2, 0.25) is 0 Å². The van der Waals surface area contributed by atoms with Crippen LogP contribution in [0.4, 0.5) is 11.4 Å². The molecule has 0 radical (unpaired) electrons. The Morgan fingerprint density at radius 1 is 1.24 bits per heavy atom. The molecule has 0 atom stereocenters. The average molecular weight is 329 g/mol. The minimum atomic E-state index is -0.0980. The molecule has 0 saturated heterocycles. The van der Waals surface area contributed by atoms with E-state index >= 15 is 0 Å². The number of carbonyl (C=O) groups excluding carboxylic acids is 1. The van der Waals surface area contributed by atoms with Crippen molar-refractivity contribution in [3.05, 3.63) is 60.4 Å². The van der Waals surface area contributed by atoms with E-state index in [0.29, 0.717) is 17.3 Å². The van der Waals surface area contributed by atoms with Gasteiger partial charge < -0.3 is 15.1 Å². The lowest BCUT2D eigenvalue weighted by Crippen LogP contribution is -2.24. The number of aliphatic imine (C=N–C) groups is 1. The molecule has 2 aromatic carbocycles. The van der Waals surface area contributed by atoms with Gasteiger partial charge in [0.15, 0.2) is 5.76 Å². The van der Waals surface area contributed by atoms with Gasteiger partial charge in [-0.1, -0.05) is 24.2 Å². The van der Waals surface area contributed by atoms with Gasteiger partial charge in [0.1, 0.15) is 25.0 Å². The van der Waals surface area contributed by atoms with Crippen LogP contribution in [0, 0.1) is 0 Å². The van der Waals surface area contributed by atoms with E-state index in [2.05, 4.69) is 23.3 Å². The highest BCUT2D eigenvalue weighted by atomic mass is 16.3. The van der Waals surface area contributed by atoms with E-state index in [9.17, 15) is 4.79 Å². The predicted octanol–water partition coefficient (Wildman–Crippen LogP) is 2.30. The molecule has 1 aromatic heterocycles. The van der Waals surface area contributed by atoms with Gasteiger partial charge in [-0.2, -0.15) is 0 Å².